The van der Waals surface area contributed by atoms with Crippen LogP contribution in [0.1, 0.15) is 50.3 Å². The molecule has 4 nitrogen and oxygen atoms in total. The number of hydrogen-bond acceptors (Lipinski definition) is 3. The second-order valence-corrected chi connectivity index (χ2v) is 7.53. The van der Waals surface area contributed by atoms with E-state index in [9.17, 15) is 14.7 Å². The van der Waals surface area contributed by atoms with Gasteiger partial charge in [0.2, 0.25) is 5.91 Å². The van der Waals surface area contributed by atoms with Crippen LogP contribution >= 0.6 is 0 Å². The Morgan fingerprint density at radius 2 is 1.61 bits per heavy atom. The predicted molar refractivity (Wildman–Crippen MR) is 110 cm³/mol. The van der Waals surface area contributed by atoms with Gasteiger partial charge in [0.1, 0.15) is 6.10 Å². The first-order valence-electron chi connectivity index (χ1n) is 10.1. The van der Waals surface area contributed by atoms with Gasteiger partial charge in [-0.2, -0.15) is 0 Å². The molecule has 28 heavy (non-hydrogen) atoms. The summed E-state index contributed by atoms with van der Waals surface area (Å²) in [4.78, 5) is 27.7. The number of rotatable bonds is 9. The van der Waals surface area contributed by atoms with Gasteiger partial charge in [0.05, 0.1) is 5.41 Å². The van der Waals surface area contributed by atoms with Gasteiger partial charge in [0.15, 0.2) is 5.78 Å². The van der Waals surface area contributed by atoms with Crippen molar-refractivity contribution in [3.8, 4) is 0 Å². The highest BCUT2D eigenvalue weighted by Gasteiger charge is 2.61. The number of amides is 1. The van der Waals surface area contributed by atoms with Crippen LogP contribution in [0, 0.1) is 5.92 Å². The Balaban J connectivity index is 1.72. The van der Waals surface area contributed by atoms with E-state index in [1.54, 1.807) is 12.1 Å². The Morgan fingerprint density at radius 3 is 2.18 bits per heavy atom. The Bertz CT molecular complexity index is 801. The van der Waals surface area contributed by atoms with E-state index >= 15 is 0 Å². The molecule has 1 aliphatic rings. The number of aliphatic hydroxyl groups is 1. The molecule has 0 aromatic heterocycles. The highest BCUT2D eigenvalue weighted by molar-refractivity contribution is 5.92. The van der Waals surface area contributed by atoms with E-state index in [-0.39, 0.29) is 24.0 Å². The zero-order valence-electron chi connectivity index (χ0n) is 16.7. The summed E-state index contributed by atoms with van der Waals surface area (Å²) in [6, 6.07) is 18.9. The second kappa shape index (κ2) is 8.70. The average Bonchev–Trinajstić information content (AvgIpc) is 3.49. The van der Waals surface area contributed by atoms with E-state index in [0.717, 1.165) is 12.0 Å². The van der Waals surface area contributed by atoms with Gasteiger partial charge in [0.25, 0.3) is 0 Å². The van der Waals surface area contributed by atoms with Crippen molar-refractivity contribution < 1.29 is 14.7 Å². The highest BCUT2D eigenvalue weighted by atomic mass is 16.3. The average molecular weight is 380 g/mol. The zero-order valence-corrected chi connectivity index (χ0v) is 16.7. The lowest BCUT2D eigenvalue weighted by Gasteiger charge is -2.26. The molecular weight excluding hydrogens is 350 g/mol. The summed E-state index contributed by atoms with van der Waals surface area (Å²) in [5, 5.41) is 10.3. The first-order chi connectivity index (χ1) is 13.5. The fourth-order valence-corrected chi connectivity index (χ4v) is 4.22. The number of nitrogens with zero attached hydrogens (tertiary/aromatic N) is 1. The molecule has 2 aromatic carbocycles. The lowest BCUT2D eigenvalue weighted by Crippen LogP contribution is -2.40. The Morgan fingerprint density at radius 1 is 1.04 bits per heavy atom. The van der Waals surface area contributed by atoms with Gasteiger partial charge < -0.3 is 10.0 Å². The summed E-state index contributed by atoms with van der Waals surface area (Å²) in [5.41, 5.74) is 1.13. The topological polar surface area (TPSA) is 57.6 Å². The van der Waals surface area contributed by atoms with E-state index in [1.807, 2.05) is 67.3 Å². The molecule has 0 heterocycles. The standard InChI is InChI=1S/C24H29NO3/c1-3-25(4-2)23(28)24(19-13-9-6-10-14-19)17-20(24)15-16-21(26)22(27)18-11-7-5-8-12-18/h5-14,20,22,27H,3-4,15-17H2,1-2H3/t20-,22+,24-/m0/s1. The molecule has 1 aliphatic carbocycles. The molecule has 148 valence electrons. The maximum absolute atomic E-state index is 13.3. The third kappa shape index (κ3) is 3.88. The molecule has 0 radical (unpaired) electrons. The summed E-state index contributed by atoms with van der Waals surface area (Å²) in [5.74, 6) is 0.107. The van der Waals surface area contributed by atoms with Crippen molar-refractivity contribution >= 4 is 11.7 Å². The molecule has 0 spiro atoms. The molecule has 1 N–H and O–H groups in total. The van der Waals surface area contributed by atoms with Crippen molar-refractivity contribution in [1.29, 1.82) is 0 Å². The van der Waals surface area contributed by atoms with E-state index in [0.29, 0.717) is 25.1 Å². The number of ketones is 1. The molecule has 1 amide bonds. The maximum Gasteiger partial charge on any atom is 0.233 e. The Hall–Kier alpha value is -2.46. The summed E-state index contributed by atoms with van der Waals surface area (Å²) >= 11 is 0. The van der Waals surface area contributed by atoms with Crippen molar-refractivity contribution in [3.63, 3.8) is 0 Å². The summed E-state index contributed by atoms with van der Waals surface area (Å²) < 4.78 is 0. The third-order valence-corrected chi connectivity index (χ3v) is 5.99. The van der Waals surface area contributed by atoms with Gasteiger partial charge in [-0.25, -0.2) is 0 Å². The van der Waals surface area contributed by atoms with Crippen LogP contribution in [-0.4, -0.2) is 34.8 Å². The van der Waals surface area contributed by atoms with Crippen molar-refractivity contribution in [3.05, 3.63) is 71.8 Å². The van der Waals surface area contributed by atoms with Crippen LogP contribution in [0.3, 0.4) is 0 Å². The van der Waals surface area contributed by atoms with Crippen LogP contribution < -0.4 is 0 Å². The van der Waals surface area contributed by atoms with Gasteiger partial charge in [-0.3, -0.25) is 9.59 Å². The number of hydrogen-bond donors (Lipinski definition) is 1. The Kier molecular flexibility index (Phi) is 6.30. The lowest BCUT2D eigenvalue weighted by molar-refractivity contribution is -0.134. The molecule has 0 saturated heterocycles. The molecule has 1 saturated carbocycles. The van der Waals surface area contributed by atoms with E-state index in [1.165, 1.54) is 0 Å². The molecule has 4 heteroatoms. The lowest BCUT2D eigenvalue weighted by atomic mass is 9.89. The van der Waals surface area contributed by atoms with Crippen LogP contribution in [0.4, 0.5) is 0 Å². The zero-order chi connectivity index (χ0) is 20.1. The number of likely N-dealkylation sites (N-methyl/N-ethyl adjacent to an activating group) is 1. The quantitative estimate of drug-likeness (QED) is 0.719. The number of benzene rings is 2. The minimum atomic E-state index is -1.09. The fraction of sp³-hybridized carbons (Fsp3) is 0.417. The Labute approximate surface area is 167 Å². The molecule has 0 unspecified atom stereocenters. The molecule has 3 rings (SSSR count). The van der Waals surface area contributed by atoms with Gasteiger partial charge >= 0.3 is 0 Å². The number of carbonyl (C=O) groups excluding carboxylic acids is 2. The molecule has 1 fully saturated rings. The van der Waals surface area contributed by atoms with E-state index < -0.39 is 11.5 Å². The van der Waals surface area contributed by atoms with Crippen molar-refractivity contribution in [2.45, 2.75) is 44.6 Å². The molecule has 2 aromatic rings. The first-order valence-corrected chi connectivity index (χ1v) is 10.1. The molecule has 0 bridgehead atoms. The van der Waals surface area contributed by atoms with Crippen LogP contribution in [0.2, 0.25) is 0 Å². The van der Waals surface area contributed by atoms with E-state index in [4.69, 9.17) is 0 Å². The van der Waals surface area contributed by atoms with Crippen LogP contribution in [0.5, 0.6) is 0 Å². The summed E-state index contributed by atoms with van der Waals surface area (Å²) in [6.45, 7) is 5.36. The van der Waals surface area contributed by atoms with Crippen molar-refractivity contribution in [1.82, 2.24) is 4.90 Å². The maximum atomic E-state index is 13.3. The molecular formula is C24H29NO3. The summed E-state index contributed by atoms with van der Waals surface area (Å²) in [6.07, 6.45) is 0.566. The van der Waals surface area contributed by atoms with Gasteiger partial charge in [-0.05, 0) is 43.7 Å². The van der Waals surface area contributed by atoms with Crippen molar-refractivity contribution in [2.24, 2.45) is 5.92 Å². The van der Waals surface area contributed by atoms with Crippen LogP contribution in [0.25, 0.3) is 0 Å². The minimum Gasteiger partial charge on any atom is -0.381 e. The third-order valence-electron chi connectivity index (χ3n) is 5.99. The first kappa shape index (κ1) is 20.3. The number of aliphatic hydroxyl groups excluding tert-OH is 1. The predicted octanol–water partition coefficient (Wildman–Crippen LogP) is 3.90. The monoisotopic (exact) mass is 379 g/mol. The minimum absolute atomic E-state index is 0.134. The second-order valence-electron chi connectivity index (χ2n) is 7.53. The fourth-order valence-electron chi connectivity index (χ4n) is 4.22. The number of Topliss-reactive ketones (excluding diaryl/α,β-unsaturated/α-hetero) is 1. The van der Waals surface area contributed by atoms with Gasteiger partial charge in [-0.1, -0.05) is 60.7 Å². The normalized spacial score (nSPS) is 21.8. The van der Waals surface area contributed by atoms with Gasteiger partial charge in [0, 0.05) is 19.5 Å². The van der Waals surface area contributed by atoms with Gasteiger partial charge in [-0.15, -0.1) is 0 Å². The van der Waals surface area contributed by atoms with Crippen LogP contribution in [0.15, 0.2) is 60.7 Å². The largest absolute Gasteiger partial charge is 0.381 e. The smallest absolute Gasteiger partial charge is 0.233 e. The van der Waals surface area contributed by atoms with E-state index in [2.05, 4.69) is 0 Å². The molecule has 3 atom stereocenters. The highest BCUT2D eigenvalue weighted by Crippen LogP contribution is 2.57. The summed E-state index contributed by atoms with van der Waals surface area (Å²) in [7, 11) is 0. The SMILES string of the molecule is CCN(CC)C(=O)[C@]1(c2ccccc2)C[C@@H]1CCC(=O)[C@H](O)c1ccccc1. The molecule has 0 aliphatic heterocycles. The van der Waals surface area contributed by atoms with Crippen molar-refractivity contribution in [2.75, 3.05) is 13.1 Å². The number of carbonyl (C=O) groups is 2. The van der Waals surface area contributed by atoms with Crippen LogP contribution in [-0.2, 0) is 15.0 Å².